The summed E-state index contributed by atoms with van der Waals surface area (Å²) in [6.07, 6.45) is -4.68. The number of nitrogens with zero attached hydrogens (tertiary/aromatic N) is 3. The lowest BCUT2D eigenvalue weighted by Gasteiger charge is -2.33. The number of halogens is 4. The summed E-state index contributed by atoms with van der Waals surface area (Å²) < 4.78 is 69.9. The van der Waals surface area contributed by atoms with E-state index in [0.717, 1.165) is 12.1 Å². The summed E-state index contributed by atoms with van der Waals surface area (Å²) in [7, 11) is -4.26. The van der Waals surface area contributed by atoms with Gasteiger partial charge in [0.25, 0.3) is 10.0 Å². The Morgan fingerprint density at radius 2 is 1.76 bits per heavy atom. The molecule has 1 aliphatic rings. The highest BCUT2D eigenvalue weighted by Crippen LogP contribution is 2.39. The molecule has 4 rings (SSSR count). The Morgan fingerprint density at radius 3 is 2.41 bits per heavy atom. The minimum Gasteiger partial charge on any atom is -0.395 e. The summed E-state index contributed by atoms with van der Waals surface area (Å²) in [4.78, 5) is 10.2. The van der Waals surface area contributed by atoms with Crippen molar-refractivity contribution in [1.82, 2.24) is 15.3 Å². The van der Waals surface area contributed by atoms with Crippen molar-refractivity contribution in [2.75, 3.05) is 35.9 Å². The first-order valence-corrected chi connectivity index (χ1v) is 12.7. The standard InChI is InChI=1S/C24H26F3N5O3S.ClH/c1-15-5-3-6-16(2)22(15)23-18(24(25,26)27)9-10-19(29-23)31-36(34,35)21-8-4-7-20(30-21)32-12-11-28-17(13-32)14-33;/h3-10,17,28,33H,11-14H2,1-2H3,(H,29,31);1H/t17-;/m1./s1. The van der Waals surface area contributed by atoms with Crippen molar-refractivity contribution in [3.05, 3.63) is 65.2 Å². The van der Waals surface area contributed by atoms with Gasteiger partial charge in [-0.2, -0.15) is 21.6 Å². The molecule has 8 nitrogen and oxygen atoms in total. The first-order valence-electron chi connectivity index (χ1n) is 11.2. The number of anilines is 2. The molecule has 3 N–H and O–H groups in total. The van der Waals surface area contributed by atoms with Gasteiger partial charge in [0.1, 0.15) is 11.6 Å². The van der Waals surface area contributed by atoms with E-state index in [0.29, 0.717) is 42.1 Å². The topological polar surface area (TPSA) is 107 Å². The fraction of sp³-hybridized carbons (Fsp3) is 0.333. The predicted octanol–water partition coefficient (Wildman–Crippen LogP) is 3.77. The molecule has 2 aromatic heterocycles. The Hall–Kier alpha value is -2.93. The van der Waals surface area contributed by atoms with Crippen LogP contribution in [-0.4, -0.2) is 55.8 Å². The van der Waals surface area contributed by atoms with Crippen LogP contribution in [0.15, 0.2) is 53.6 Å². The molecule has 37 heavy (non-hydrogen) atoms. The molecule has 3 heterocycles. The van der Waals surface area contributed by atoms with Crippen molar-refractivity contribution in [3.8, 4) is 11.3 Å². The summed E-state index contributed by atoms with van der Waals surface area (Å²) in [5.41, 5.74) is 0.151. The van der Waals surface area contributed by atoms with Crippen molar-refractivity contribution < 1.29 is 26.7 Å². The molecule has 1 fully saturated rings. The van der Waals surface area contributed by atoms with Crippen LogP contribution < -0.4 is 14.9 Å². The third-order valence-electron chi connectivity index (χ3n) is 5.94. The van der Waals surface area contributed by atoms with Gasteiger partial charge in [-0.25, -0.2) is 9.97 Å². The molecule has 3 aromatic rings. The zero-order chi connectivity index (χ0) is 26.1. The number of aliphatic hydroxyl groups excluding tert-OH is 1. The normalized spacial score (nSPS) is 16.3. The smallest absolute Gasteiger partial charge is 0.395 e. The first-order chi connectivity index (χ1) is 17.0. The van der Waals surface area contributed by atoms with Crippen LogP contribution in [0, 0.1) is 13.8 Å². The molecule has 13 heteroatoms. The van der Waals surface area contributed by atoms with Crippen LogP contribution in [0.2, 0.25) is 0 Å². The number of aryl methyl sites for hydroxylation is 2. The van der Waals surface area contributed by atoms with Gasteiger partial charge in [-0.15, -0.1) is 12.4 Å². The average molecular weight is 558 g/mol. The van der Waals surface area contributed by atoms with Gasteiger partial charge < -0.3 is 15.3 Å². The van der Waals surface area contributed by atoms with Crippen LogP contribution in [0.5, 0.6) is 0 Å². The second kappa shape index (κ2) is 11.2. The molecule has 1 saturated heterocycles. The van der Waals surface area contributed by atoms with Gasteiger partial charge in [0, 0.05) is 31.2 Å². The monoisotopic (exact) mass is 557 g/mol. The molecule has 0 bridgehead atoms. The molecule has 0 unspecified atom stereocenters. The maximum absolute atomic E-state index is 13.8. The molecular weight excluding hydrogens is 531 g/mol. The van der Waals surface area contributed by atoms with Gasteiger partial charge >= 0.3 is 6.18 Å². The summed E-state index contributed by atoms with van der Waals surface area (Å²) in [6, 6.07) is 11.2. The van der Waals surface area contributed by atoms with Crippen LogP contribution in [0.25, 0.3) is 11.3 Å². The lowest BCUT2D eigenvalue weighted by Crippen LogP contribution is -2.52. The van der Waals surface area contributed by atoms with E-state index in [1.165, 1.54) is 12.1 Å². The quantitative estimate of drug-likeness (QED) is 0.423. The van der Waals surface area contributed by atoms with Crippen LogP contribution in [0.4, 0.5) is 24.8 Å². The Labute approximate surface area is 219 Å². The van der Waals surface area contributed by atoms with Crippen molar-refractivity contribution >= 4 is 34.1 Å². The summed E-state index contributed by atoms with van der Waals surface area (Å²) in [5.74, 6) is 0.157. The number of hydrogen-bond acceptors (Lipinski definition) is 7. The van der Waals surface area contributed by atoms with E-state index < -0.39 is 21.8 Å². The molecule has 1 aromatic carbocycles. The summed E-state index contributed by atoms with van der Waals surface area (Å²) >= 11 is 0. The fourth-order valence-electron chi connectivity index (χ4n) is 4.20. The molecule has 0 saturated carbocycles. The zero-order valence-electron chi connectivity index (χ0n) is 20.1. The van der Waals surface area contributed by atoms with Gasteiger partial charge in [0.05, 0.1) is 17.9 Å². The minimum atomic E-state index is -4.68. The predicted molar refractivity (Wildman–Crippen MR) is 138 cm³/mol. The molecule has 1 atom stereocenters. The van der Waals surface area contributed by atoms with E-state index in [9.17, 15) is 26.7 Å². The van der Waals surface area contributed by atoms with Crippen molar-refractivity contribution in [2.24, 2.45) is 0 Å². The number of alkyl halides is 3. The van der Waals surface area contributed by atoms with E-state index in [1.807, 2.05) is 4.90 Å². The molecule has 200 valence electrons. The molecule has 0 spiro atoms. The second-order valence-corrected chi connectivity index (χ2v) is 10.2. The van der Waals surface area contributed by atoms with Crippen molar-refractivity contribution in [1.29, 1.82) is 0 Å². The van der Waals surface area contributed by atoms with E-state index in [4.69, 9.17) is 0 Å². The number of rotatable bonds is 6. The summed E-state index contributed by atoms with van der Waals surface area (Å²) in [6.45, 7) is 4.89. The molecule has 1 aliphatic heterocycles. The number of benzene rings is 1. The highest BCUT2D eigenvalue weighted by Gasteiger charge is 2.35. The number of sulfonamides is 1. The SMILES string of the molecule is Cc1cccc(C)c1-c1nc(NS(=O)(=O)c2cccc(N3CCN[C@@H](CO)C3)n2)ccc1C(F)(F)F.Cl. The number of hydrogen-bond donors (Lipinski definition) is 3. The van der Waals surface area contributed by atoms with Gasteiger partial charge in [-0.3, -0.25) is 4.72 Å². The van der Waals surface area contributed by atoms with Crippen LogP contribution in [0.3, 0.4) is 0 Å². The molecule has 0 radical (unpaired) electrons. The third kappa shape index (κ3) is 6.32. The van der Waals surface area contributed by atoms with Gasteiger partial charge in [0.15, 0.2) is 5.03 Å². The maximum atomic E-state index is 13.8. The maximum Gasteiger partial charge on any atom is 0.418 e. The number of piperazine rings is 1. The molecular formula is C24H27ClF3N5O3S. The Kier molecular flexibility index (Phi) is 8.68. The van der Waals surface area contributed by atoms with Crippen LogP contribution in [-0.2, 0) is 16.2 Å². The number of pyridine rings is 2. The summed E-state index contributed by atoms with van der Waals surface area (Å²) in [5, 5.41) is 12.3. The van der Waals surface area contributed by atoms with E-state index in [-0.39, 0.29) is 41.6 Å². The first kappa shape index (κ1) is 28.6. The van der Waals surface area contributed by atoms with Gasteiger partial charge in [0.2, 0.25) is 0 Å². The zero-order valence-corrected chi connectivity index (χ0v) is 21.7. The molecule has 0 aliphatic carbocycles. The van der Waals surface area contributed by atoms with E-state index in [1.54, 1.807) is 38.1 Å². The minimum absolute atomic E-state index is 0. The van der Waals surface area contributed by atoms with Gasteiger partial charge in [-0.05, 0) is 49.2 Å². The lowest BCUT2D eigenvalue weighted by atomic mass is 9.96. The van der Waals surface area contributed by atoms with Crippen molar-refractivity contribution in [3.63, 3.8) is 0 Å². The van der Waals surface area contributed by atoms with Crippen LogP contribution >= 0.6 is 12.4 Å². The Morgan fingerprint density at radius 1 is 1.08 bits per heavy atom. The number of aromatic nitrogens is 2. The highest BCUT2D eigenvalue weighted by atomic mass is 35.5. The Bertz CT molecular complexity index is 1350. The lowest BCUT2D eigenvalue weighted by molar-refractivity contribution is -0.137. The number of aliphatic hydroxyl groups is 1. The van der Waals surface area contributed by atoms with Gasteiger partial charge in [-0.1, -0.05) is 24.3 Å². The van der Waals surface area contributed by atoms with Crippen molar-refractivity contribution in [2.45, 2.75) is 31.1 Å². The average Bonchev–Trinajstić information content (AvgIpc) is 2.83. The third-order valence-corrected chi connectivity index (χ3v) is 7.20. The van der Waals surface area contributed by atoms with E-state index in [2.05, 4.69) is 20.0 Å². The van der Waals surface area contributed by atoms with E-state index >= 15 is 0 Å². The van der Waals surface area contributed by atoms with Crippen LogP contribution in [0.1, 0.15) is 16.7 Å². The second-order valence-electron chi connectivity index (χ2n) is 8.58. The highest BCUT2D eigenvalue weighted by molar-refractivity contribution is 7.92. The largest absolute Gasteiger partial charge is 0.418 e. The Balaban J connectivity index is 0.00000380. The number of nitrogens with one attached hydrogen (secondary N) is 2. The molecule has 0 amide bonds. The fourth-order valence-corrected chi connectivity index (χ4v) is 5.16.